The van der Waals surface area contributed by atoms with Gasteiger partial charge in [-0.05, 0) is 61.5 Å². The average Bonchev–Trinajstić information content (AvgIpc) is 3.32. The molecule has 9 nitrogen and oxygen atoms in total. The monoisotopic (exact) mass is 445 g/mol. The number of furan rings is 1. The Kier molecular flexibility index (Phi) is 6.81. The Balaban J connectivity index is 1.64. The van der Waals surface area contributed by atoms with E-state index in [2.05, 4.69) is 0 Å². The quantitative estimate of drug-likeness (QED) is 0.480. The summed E-state index contributed by atoms with van der Waals surface area (Å²) in [5, 5.41) is 8.32. The number of esters is 1. The van der Waals surface area contributed by atoms with E-state index in [4.69, 9.17) is 19.0 Å². The normalized spacial score (nSPS) is 15.9. The second-order valence-electron chi connectivity index (χ2n) is 6.41. The van der Waals surface area contributed by atoms with Crippen LogP contribution < -0.4 is 4.74 Å². The zero-order valence-electron chi connectivity index (χ0n) is 16.7. The fourth-order valence-corrected chi connectivity index (χ4v) is 3.63. The number of ether oxygens (including phenoxy) is 2. The van der Waals surface area contributed by atoms with Gasteiger partial charge >= 0.3 is 11.9 Å². The highest BCUT2D eigenvalue weighted by atomic mass is 32.2. The number of imide groups is 1. The Morgan fingerprint density at radius 3 is 2.52 bits per heavy atom. The number of rotatable bonds is 8. The minimum Gasteiger partial charge on any atom is -0.486 e. The molecule has 2 amide bonds. The van der Waals surface area contributed by atoms with Gasteiger partial charge in [-0.1, -0.05) is 12.1 Å². The smallest absolute Gasteiger partial charge is 0.371 e. The van der Waals surface area contributed by atoms with Crippen LogP contribution in [0, 0.1) is 0 Å². The molecule has 1 aromatic heterocycles. The van der Waals surface area contributed by atoms with Gasteiger partial charge in [0.25, 0.3) is 11.1 Å². The number of carboxylic acid groups (broad SMARTS) is 1. The number of benzene rings is 1. The summed E-state index contributed by atoms with van der Waals surface area (Å²) in [6.45, 7) is 3.30. The number of carbonyl (C=O) groups excluding carboxylic acids is 3. The lowest BCUT2D eigenvalue weighted by Crippen LogP contribution is -2.42. The minimum absolute atomic E-state index is 0.0528. The number of carbonyl (C=O) groups is 4. The maximum atomic E-state index is 12.6. The summed E-state index contributed by atoms with van der Waals surface area (Å²) in [5.74, 6) is -1.64. The van der Waals surface area contributed by atoms with E-state index >= 15 is 0 Å². The summed E-state index contributed by atoms with van der Waals surface area (Å²) < 4.78 is 15.6. The molecule has 1 unspecified atom stereocenters. The molecule has 1 aliphatic rings. The van der Waals surface area contributed by atoms with E-state index in [1.807, 2.05) is 0 Å². The first-order valence-corrected chi connectivity index (χ1v) is 10.1. The van der Waals surface area contributed by atoms with Crippen molar-refractivity contribution in [2.24, 2.45) is 0 Å². The standard InChI is InChI=1S/C21H19NO8S/c1-3-28-20(26)12(2)22-18(23)17(31-21(22)27)10-13-4-6-14(7-5-13)29-11-15-8-9-16(30-15)19(24)25/h4-10,12H,3,11H2,1-2H3,(H,24,25)/b17-10-. The second kappa shape index (κ2) is 9.52. The minimum atomic E-state index is -1.16. The zero-order valence-corrected chi connectivity index (χ0v) is 17.5. The molecular weight excluding hydrogens is 426 g/mol. The number of amides is 2. The van der Waals surface area contributed by atoms with E-state index in [1.165, 1.54) is 19.1 Å². The fourth-order valence-electron chi connectivity index (χ4n) is 2.72. The van der Waals surface area contributed by atoms with Crippen molar-refractivity contribution in [1.29, 1.82) is 0 Å². The number of carboxylic acids is 1. The third-order valence-electron chi connectivity index (χ3n) is 4.27. The van der Waals surface area contributed by atoms with Gasteiger partial charge in [-0.15, -0.1) is 0 Å². The number of hydrogen-bond acceptors (Lipinski definition) is 8. The van der Waals surface area contributed by atoms with E-state index in [0.717, 1.165) is 16.7 Å². The molecule has 1 fully saturated rings. The van der Waals surface area contributed by atoms with Gasteiger partial charge < -0.3 is 19.0 Å². The van der Waals surface area contributed by atoms with Crippen molar-refractivity contribution in [3.63, 3.8) is 0 Å². The maximum Gasteiger partial charge on any atom is 0.371 e. The van der Waals surface area contributed by atoms with Crippen LogP contribution in [0.3, 0.4) is 0 Å². The van der Waals surface area contributed by atoms with Crippen LogP contribution in [-0.2, 0) is 20.9 Å². The van der Waals surface area contributed by atoms with Crippen molar-refractivity contribution >= 4 is 40.9 Å². The highest BCUT2D eigenvalue weighted by molar-refractivity contribution is 8.18. The second-order valence-corrected chi connectivity index (χ2v) is 7.40. The van der Waals surface area contributed by atoms with Crippen LogP contribution in [0.2, 0.25) is 0 Å². The van der Waals surface area contributed by atoms with Crippen LogP contribution in [0.1, 0.15) is 35.7 Å². The van der Waals surface area contributed by atoms with Gasteiger partial charge in [0.15, 0.2) is 0 Å². The highest BCUT2D eigenvalue weighted by Crippen LogP contribution is 2.34. The summed E-state index contributed by atoms with van der Waals surface area (Å²) in [6, 6.07) is 8.59. The van der Waals surface area contributed by atoms with Crippen LogP contribution in [0.25, 0.3) is 6.08 Å². The summed E-state index contributed by atoms with van der Waals surface area (Å²) in [7, 11) is 0. The highest BCUT2D eigenvalue weighted by Gasteiger charge is 2.41. The molecule has 0 aliphatic carbocycles. The van der Waals surface area contributed by atoms with Crippen molar-refractivity contribution in [2.75, 3.05) is 6.61 Å². The number of nitrogens with zero attached hydrogens (tertiary/aromatic N) is 1. The van der Waals surface area contributed by atoms with Gasteiger partial charge in [0, 0.05) is 0 Å². The number of thioether (sulfide) groups is 1. The van der Waals surface area contributed by atoms with Crippen LogP contribution in [0.15, 0.2) is 45.7 Å². The molecule has 0 spiro atoms. The van der Waals surface area contributed by atoms with Gasteiger partial charge in [0.1, 0.15) is 24.2 Å². The molecule has 162 valence electrons. The third kappa shape index (κ3) is 5.15. The molecule has 0 bridgehead atoms. The molecule has 10 heteroatoms. The number of hydrogen-bond donors (Lipinski definition) is 1. The predicted molar refractivity (Wildman–Crippen MR) is 110 cm³/mol. The maximum absolute atomic E-state index is 12.6. The first kappa shape index (κ1) is 22.2. The lowest BCUT2D eigenvalue weighted by atomic mass is 10.2. The van der Waals surface area contributed by atoms with Gasteiger partial charge in [-0.25, -0.2) is 9.59 Å². The van der Waals surface area contributed by atoms with Crippen LogP contribution in [0.5, 0.6) is 5.75 Å². The largest absolute Gasteiger partial charge is 0.486 e. The first-order chi connectivity index (χ1) is 14.8. The molecule has 1 atom stereocenters. The van der Waals surface area contributed by atoms with Crippen molar-refractivity contribution < 1.29 is 38.2 Å². The van der Waals surface area contributed by atoms with E-state index in [-0.39, 0.29) is 23.9 Å². The Morgan fingerprint density at radius 2 is 1.90 bits per heavy atom. The molecule has 1 saturated heterocycles. The van der Waals surface area contributed by atoms with Crippen molar-refractivity contribution in [3.05, 3.63) is 58.4 Å². The van der Waals surface area contributed by atoms with Gasteiger partial charge in [0.05, 0.1) is 11.5 Å². The van der Waals surface area contributed by atoms with E-state index < -0.39 is 29.1 Å². The fraction of sp³-hybridized carbons (Fsp3) is 0.238. The van der Waals surface area contributed by atoms with Crippen molar-refractivity contribution in [1.82, 2.24) is 4.90 Å². The topological polar surface area (TPSA) is 123 Å². The lowest BCUT2D eigenvalue weighted by molar-refractivity contribution is -0.150. The lowest BCUT2D eigenvalue weighted by Gasteiger charge is -2.19. The Hall–Kier alpha value is -3.53. The molecule has 31 heavy (non-hydrogen) atoms. The summed E-state index contributed by atoms with van der Waals surface area (Å²) in [6.07, 6.45) is 1.55. The van der Waals surface area contributed by atoms with Crippen LogP contribution in [-0.4, -0.2) is 45.7 Å². The van der Waals surface area contributed by atoms with Gasteiger partial charge in [-0.2, -0.15) is 0 Å². The van der Waals surface area contributed by atoms with E-state index in [0.29, 0.717) is 17.1 Å². The Bertz CT molecular complexity index is 1040. The molecule has 0 saturated carbocycles. The van der Waals surface area contributed by atoms with Crippen molar-refractivity contribution in [3.8, 4) is 5.75 Å². The molecule has 2 heterocycles. The predicted octanol–water partition coefficient (Wildman–Crippen LogP) is 3.54. The zero-order chi connectivity index (χ0) is 22.5. The molecule has 2 aromatic rings. The molecule has 1 aliphatic heterocycles. The SMILES string of the molecule is CCOC(=O)C(C)N1C(=O)S/C(=C\c2ccc(OCc3ccc(C(=O)O)o3)cc2)C1=O. The Labute approximate surface area is 181 Å². The summed E-state index contributed by atoms with van der Waals surface area (Å²) in [4.78, 5) is 48.6. The Morgan fingerprint density at radius 1 is 1.19 bits per heavy atom. The van der Waals surface area contributed by atoms with Gasteiger partial charge in [0.2, 0.25) is 5.76 Å². The molecule has 0 radical (unpaired) electrons. The van der Waals surface area contributed by atoms with E-state index in [9.17, 15) is 19.2 Å². The van der Waals surface area contributed by atoms with Crippen LogP contribution >= 0.6 is 11.8 Å². The molecule has 1 N–H and O–H groups in total. The average molecular weight is 445 g/mol. The van der Waals surface area contributed by atoms with E-state index in [1.54, 1.807) is 37.3 Å². The van der Waals surface area contributed by atoms with Crippen LogP contribution in [0.4, 0.5) is 4.79 Å². The summed E-state index contributed by atoms with van der Waals surface area (Å²) in [5.41, 5.74) is 0.660. The number of aromatic carboxylic acids is 1. The van der Waals surface area contributed by atoms with Crippen molar-refractivity contribution in [2.45, 2.75) is 26.5 Å². The third-order valence-corrected chi connectivity index (χ3v) is 5.15. The summed E-state index contributed by atoms with van der Waals surface area (Å²) >= 11 is 0.756. The molecular formula is C21H19NO8S. The molecule has 3 rings (SSSR count). The van der Waals surface area contributed by atoms with Gasteiger partial charge in [-0.3, -0.25) is 14.5 Å². The molecule has 1 aromatic carbocycles. The first-order valence-electron chi connectivity index (χ1n) is 9.28.